The van der Waals surface area contributed by atoms with Crippen LogP contribution in [-0.4, -0.2) is 35.9 Å². The molecule has 0 fully saturated rings. The molecule has 156 valence electrons. The Morgan fingerprint density at radius 1 is 1.06 bits per heavy atom. The van der Waals surface area contributed by atoms with Crippen LogP contribution in [0.4, 0.5) is 0 Å². The zero-order chi connectivity index (χ0) is 21.8. The van der Waals surface area contributed by atoms with Gasteiger partial charge in [0.25, 0.3) is 5.91 Å². The molecule has 3 aromatic rings. The molecule has 1 aliphatic heterocycles. The van der Waals surface area contributed by atoms with Crippen LogP contribution in [-0.2, 0) is 0 Å². The van der Waals surface area contributed by atoms with E-state index in [0.717, 1.165) is 15.6 Å². The number of halogens is 1. The lowest BCUT2D eigenvalue weighted by molar-refractivity contribution is -0.565. The van der Waals surface area contributed by atoms with Gasteiger partial charge in [-0.05, 0) is 65.8 Å². The van der Waals surface area contributed by atoms with Crippen LogP contribution in [0.5, 0.6) is 5.75 Å². The lowest BCUT2D eigenvalue weighted by Gasteiger charge is -2.20. The summed E-state index contributed by atoms with van der Waals surface area (Å²) in [6.07, 6.45) is 1.80. The minimum Gasteiger partial charge on any atom is -0.856 e. The number of carbonyl (C=O) groups excluding carboxylic acids is 1. The van der Waals surface area contributed by atoms with Crippen molar-refractivity contribution in [1.29, 1.82) is 0 Å². The van der Waals surface area contributed by atoms with E-state index in [1.807, 2.05) is 54.6 Å². The molecule has 3 aromatic carbocycles. The van der Waals surface area contributed by atoms with Crippen molar-refractivity contribution in [1.82, 2.24) is 5.32 Å². The van der Waals surface area contributed by atoms with Crippen LogP contribution in [0.2, 0.25) is 0 Å². The van der Waals surface area contributed by atoms with Gasteiger partial charge >= 0.3 is 0 Å². The lowest BCUT2D eigenvalue weighted by atomic mass is 9.99. The predicted octanol–water partition coefficient (Wildman–Crippen LogP) is 3.12. The molecular weight excluding hydrogens is 458 g/mol. The normalized spacial score (nSPS) is 19.2. The predicted molar refractivity (Wildman–Crippen MR) is 120 cm³/mol. The first-order valence-electron chi connectivity index (χ1n) is 9.69. The number of nitrogens with zero attached hydrogens (tertiary/aromatic N) is 2. The van der Waals surface area contributed by atoms with E-state index in [4.69, 9.17) is 4.74 Å². The van der Waals surface area contributed by atoms with Gasteiger partial charge < -0.3 is 15.2 Å². The molecule has 7 heteroatoms. The minimum atomic E-state index is -0.826. The average Bonchev–Trinajstić information content (AvgIpc) is 3.10. The summed E-state index contributed by atoms with van der Waals surface area (Å²) in [4.78, 5) is 12.8. The molecule has 0 saturated carbocycles. The van der Waals surface area contributed by atoms with Crippen molar-refractivity contribution in [3.05, 3.63) is 100 Å². The highest BCUT2D eigenvalue weighted by atomic mass is 79.9. The Morgan fingerprint density at radius 2 is 1.74 bits per heavy atom. The van der Waals surface area contributed by atoms with E-state index in [2.05, 4.69) is 26.3 Å². The van der Waals surface area contributed by atoms with E-state index >= 15 is 0 Å². The first-order chi connectivity index (χ1) is 15.0. The van der Waals surface area contributed by atoms with Crippen molar-refractivity contribution in [2.24, 2.45) is 5.10 Å². The minimum absolute atomic E-state index is 0.321. The summed E-state index contributed by atoms with van der Waals surface area (Å²) < 4.78 is 7.82. The van der Waals surface area contributed by atoms with Crippen LogP contribution in [0.1, 0.15) is 27.5 Å². The van der Waals surface area contributed by atoms with Crippen molar-refractivity contribution in [3.8, 4) is 5.75 Å². The van der Waals surface area contributed by atoms with E-state index in [1.54, 1.807) is 42.3 Å². The summed E-state index contributed by atoms with van der Waals surface area (Å²) in [6, 6.07) is 22.6. The molecule has 0 saturated heterocycles. The van der Waals surface area contributed by atoms with Crippen LogP contribution in [0.3, 0.4) is 0 Å². The second-order valence-corrected chi connectivity index (χ2v) is 7.95. The van der Waals surface area contributed by atoms with E-state index in [-0.39, 0.29) is 5.91 Å². The Balaban J connectivity index is 1.71. The Bertz CT molecular complexity index is 1130. The van der Waals surface area contributed by atoms with Crippen LogP contribution in [0, 0.1) is 0 Å². The first kappa shape index (κ1) is 20.8. The van der Waals surface area contributed by atoms with Crippen LogP contribution < -0.4 is 15.2 Å². The number of ether oxygens (including phenoxy) is 1. The van der Waals surface area contributed by atoms with Gasteiger partial charge in [0.15, 0.2) is 0 Å². The van der Waals surface area contributed by atoms with Gasteiger partial charge in [-0.3, -0.25) is 4.79 Å². The molecule has 2 atom stereocenters. The van der Waals surface area contributed by atoms with Crippen LogP contribution >= 0.6 is 15.9 Å². The highest BCUT2D eigenvalue weighted by molar-refractivity contribution is 9.10. The number of methoxy groups -OCH3 is 1. The number of carbonyl (C=O) groups is 1. The molecule has 1 aliphatic rings. The highest BCUT2D eigenvalue weighted by Gasteiger charge is 2.41. The molecule has 6 nitrogen and oxygen atoms in total. The largest absolute Gasteiger partial charge is 0.856 e. The molecule has 0 aliphatic carbocycles. The summed E-state index contributed by atoms with van der Waals surface area (Å²) in [7, 11) is 1.60. The third-order valence-corrected chi connectivity index (χ3v) is 5.54. The number of hydrazone groups is 1. The molecular formula is C24H20BrN3O3. The molecule has 1 heterocycles. The van der Waals surface area contributed by atoms with Crippen LogP contribution in [0.15, 0.2) is 88.4 Å². The number of rotatable bonds is 5. The first-order valence-corrected chi connectivity index (χ1v) is 10.5. The second kappa shape index (κ2) is 9.14. The van der Waals surface area contributed by atoms with Gasteiger partial charge in [-0.1, -0.05) is 38.8 Å². The van der Waals surface area contributed by atoms with Crippen molar-refractivity contribution < 1.29 is 19.3 Å². The van der Waals surface area contributed by atoms with E-state index in [1.165, 1.54) is 0 Å². The third-order valence-electron chi connectivity index (χ3n) is 5.01. The van der Waals surface area contributed by atoms with Crippen LogP contribution in [0.25, 0.3) is 0 Å². The SMILES string of the molecule is COc1ccc(C2C(NC(=O)c3ccccc3)C([O-])=N/[N+]2=C\c2ccc(Br)cc2)cc1. The van der Waals surface area contributed by atoms with Gasteiger partial charge in [-0.2, -0.15) is 0 Å². The van der Waals surface area contributed by atoms with Gasteiger partial charge in [0.2, 0.25) is 12.3 Å². The van der Waals surface area contributed by atoms with Gasteiger partial charge in [-0.15, -0.1) is 0 Å². The maximum absolute atomic E-state index is 12.8. The van der Waals surface area contributed by atoms with E-state index in [9.17, 15) is 9.90 Å². The molecule has 0 radical (unpaired) electrons. The fourth-order valence-corrected chi connectivity index (χ4v) is 3.70. The number of hydrogen-bond acceptors (Lipinski definition) is 4. The van der Waals surface area contributed by atoms with Gasteiger partial charge in [-0.25, -0.2) is 0 Å². The van der Waals surface area contributed by atoms with E-state index in [0.29, 0.717) is 11.3 Å². The fourth-order valence-electron chi connectivity index (χ4n) is 3.44. The Morgan fingerprint density at radius 3 is 2.39 bits per heavy atom. The number of amides is 1. The average molecular weight is 478 g/mol. The van der Waals surface area contributed by atoms with Crippen molar-refractivity contribution >= 4 is 33.9 Å². The van der Waals surface area contributed by atoms with Crippen molar-refractivity contribution in [3.63, 3.8) is 0 Å². The maximum Gasteiger partial charge on any atom is 0.252 e. The Hall–Kier alpha value is -3.45. The molecule has 31 heavy (non-hydrogen) atoms. The molecule has 1 N–H and O–H groups in total. The molecule has 0 aromatic heterocycles. The molecule has 4 rings (SSSR count). The second-order valence-electron chi connectivity index (χ2n) is 7.03. The quantitative estimate of drug-likeness (QED) is 0.573. The summed E-state index contributed by atoms with van der Waals surface area (Å²) in [6.45, 7) is 0. The zero-order valence-corrected chi connectivity index (χ0v) is 18.3. The topological polar surface area (TPSA) is 76.8 Å². The van der Waals surface area contributed by atoms with Gasteiger partial charge in [0, 0.05) is 21.2 Å². The molecule has 0 spiro atoms. The van der Waals surface area contributed by atoms with E-state index < -0.39 is 18.0 Å². The summed E-state index contributed by atoms with van der Waals surface area (Å²) in [5, 5.41) is 19.9. The Labute approximate surface area is 188 Å². The standard InChI is InChI=1S/C24H20BrN3O3/c1-31-20-13-9-17(10-14-20)22-21(26-23(29)18-5-3-2-4-6-18)24(30)27-28(22)15-16-7-11-19(25)12-8-16/h2-15,21-22H,1H3,(H-,26,27,29,30)/b28-15-. The van der Waals surface area contributed by atoms with Crippen molar-refractivity contribution in [2.75, 3.05) is 7.11 Å². The summed E-state index contributed by atoms with van der Waals surface area (Å²) in [5.41, 5.74) is 2.20. The molecule has 0 bridgehead atoms. The lowest BCUT2D eigenvalue weighted by Crippen LogP contribution is -2.47. The number of nitrogens with one attached hydrogen (secondary N) is 1. The summed E-state index contributed by atoms with van der Waals surface area (Å²) >= 11 is 3.42. The Kier molecular flexibility index (Phi) is 6.13. The number of hydrogen-bond donors (Lipinski definition) is 1. The van der Waals surface area contributed by atoms with Gasteiger partial charge in [0.05, 0.1) is 13.0 Å². The van der Waals surface area contributed by atoms with Gasteiger partial charge in [0.1, 0.15) is 11.8 Å². The highest BCUT2D eigenvalue weighted by Crippen LogP contribution is 2.28. The number of benzene rings is 3. The zero-order valence-electron chi connectivity index (χ0n) is 16.7. The van der Waals surface area contributed by atoms with Crippen molar-refractivity contribution in [2.45, 2.75) is 12.1 Å². The summed E-state index contributed by atoms with van der Waals surface area (Å²) in [5.74, 6) is -0.0186. The monoisotopic (exact) mass is 477 g/mol. The smallest absolute Gasteiger partial charge is 0.252 e. The molecule has 2 unspecified atom stereocenters. The molecule has 1 amide bonds. The fraction of sp³-hybridized carbons (Fsp3) is 0.125. The third kappa shape index (κ3) is 4.67. The maximum atomic E-state index is 12.8.